The molecule has 0 amide bonds. The maximum Gasteiger partial charge on any atom is 0.272 e. The van der Waals surface area contributed by atoms with Crippen molar-refractivity contribution in [1.29, 1.82) is 0 Å². The molecule has 3 aromatic heterocycles. The maximum absolute atomic E-state index is 12.6. The van der Waals surface area contributed by atoms with Gasteiger partial charge in [-0.3, -0.25) is 9.36 Å². The molecular weight excluding hydrogens is 352 g/mol. The number of para-hydroxylation sites is 2. The number of aromatic nitrogens is 4. The Kier molecular flexibility index (Phi) is 4.27. The molecule has 0 aliphatic rings. The predicted molar refractivity (Wildman–Crippen MR) is 103 cm³/mol. The lowest BCUT2D eigenvalue weighted by Gasteiger charge is -2.10. The van der Waals surface area contributed by atoms with E-state index < -0.39 is 0 Å². The van der Waals surface area contributed by atoms with Crippen LogP contribution in [0.3, 0.4) is 0 Å². The molecule has 4 rings (SSSR count). The Morgan fingerprint density at radius 3 is 2.60 bits per heavy atom. The van der Waals surface area contributed by atoms with Gasteiger partial charge in [0.05, 0.1) is 27.9 Å². The standard InChI is InChI=1S/C18H16N4OS2/c1-3-22-17(23)16-14(8-9-24-16)21-18(22)25-10-15-11(2)19-12-6-4-5-7-13(12)20-15/h4-9H,3,10H2,1-2H3. The molecule has 0 saturated carbocycles. The fourth-order valence-corrected chi connectivity index (χ4v) is 4.56. The molecule has 3 heterocycles. The van der Waals surface area contributed by atoms with Gasteiger partial charge in [-0.25, -0.2) is 15.0 Å². The summed E-state index contributed by atoms with van der Waals surface area (Å²) in [5.41, 5.74) is 4.42. The number of thiophene rings is 1. The molecule has 0 atom stereocenters. The average Bonchev–Trinajstić information content (AvgIpc) is 3.09. The highest BCUT2D eigenvalue weighted by Crippen LogP contribution is 2.25. The predicted octanol–water partition coefficient (Wildman–Crippen LogP) is 4.02. The van der Waals surface area contributed by atoms with E-state index in [4.69, 9.17) is 4.98 Å². The zero-order valence-electron chi connectivity index (χ0n) is 13.9. The van der Waals surface area contributed by atoms with E-state index in [0.29, 0.717) is 17.0 Å². The van der Waals surface area contributed by atoms with Crippen LogP contribution in [0.5, 0.6) is 0 Å². The van der Waals surface area contributed by atoms with E-state index >= 15 is 0 Å². The van der Waals surface area contributed by atoms with Gasteiger partial charge < -0.3 is 0 Å². The Labute approximate surface area is 152 Å². The summed E-state index contributed by atoms with van der Waals surface area (Å²) in [4.78, 5) is 26.6. The Bertz CT molecular complexity index is 1130. The van der Waals surface area contributed by atoms with Crippen LogP contribution in [-0.2, 0) is 12.3 Å². The lowest BCUT2D eigenvalue weighted by Crippen LogP contribution is -2.21. The first-order valence-corrected chi connectivity index (χ1v) is 9.87. The molecule has 0 N–H and O–H groups in total. The van der Waals surface area contributed by atoms with Crippen molar-refractivity contribution in [3.05, 3.63) is 57.5 Å². The van der Waals surface area contributed by atoms with Gasteiger partial charge in [0, 0.05) is 12.3 Å². The van der Waals surface area contributed by atoms with E-state index in [9.17, 15) is 4.79 Å². The van der Waals surface area contributed by atoms with Crippen LogP contribution in [0.25, 0.3) is 21.3 Å². The molecule has 126 valence electrons. The molecule has 0 unspecified atom stereocenters. The third kappa shape index (κ3) is 2.94. The Balaban J connectivity index is 1.70. The first kappa shape index (κ1) is 16.2. The normalized spacial score (nSPS) is 11.4. The van der Waals surface area contributed by atoms with Gasteiger partial charge in [0.1, 0.15) is 4.70 Å². The minimum Gasteiger partial charge on any atom is -0.287 e. The largest absolute Gasteiger partial charge is 0.287 e. The minimum atomic E-state index is 0.0336. The van der Waals surface area contributed by atoms with Gasteiger partial charge in [-0.15, -0.1) is 11.3 Å². The number of hydrogen-bond acceptors (Lipinski definition) is 6. The smallest absolute Gasteiger partial charge is 0.272 e. The van der Waals surface area contributed by atoms with Crippen molar-refractivity contribution in [3.8, 4) is 0 Å². The Morgan fingerprint density at radius 2 is 1.84 bits per heavy atom. The van der Waals surface area contributed by atoms with Crippen LogP contribution in [0, 0.1) is 6.92 Å². The molecule has 25 heavy (non-hydrogen) atoms. The fourth-order valence-electron chi connectivity index (χ4n) is 2.71. The highest BCUT2D eigenvalue weighted by molar-refractivity contribution is 7.98. The van der Waals surface area contributed by atoms with Crippen molar-refractivity contribution in [1.82, 2.24) is 19.5 Å². The molecule has 0 fully saturated rings. The van der Waals surface area contributed by atoms with E-state index in [1.54, 1.807) is 4.57 Å². The Hall–Kier alpha value is -2.25. The van der Waals surface area contributed by atoms with Crippen molar-refractivity contribution >= 4 is 44.3 Å². The van der Waals surface area contributed by atoms with E-state index in [1.807, 2.05) is 49.6 Å². The SMILES string of the molecule is CCn1c(SCc2nc3ccccc3nc2C)nc2ccsc2c1=O. The van der Waals surface area contributed by atoms with Crippen LogP contribution in [0.4, 0.5) is 0 Å². The number of rotatable bonds is 4. The summed E-state index contributed by atoms with van der Waals surface area (Å²) in [7, 11) is 0. The summed E-state index contributed by atoms with van der Waals surface area (Å²) in [6.45, 7) is 4.54. The van der Waals surface area contributed by atoms with Gasteiger partial charge in [-0.1, -0.05) is 23.9 Å². The summed E-state index contributed by atoms with van der Waals surface area (Å²) in [6, 6.07) is 9.75. The van der Waals surface area contributed by atoms with Crippen LogP contribution < -0.4 is 5.56 Å². The summed E-state index contributed by atoms with van der Waals surface area (Å²) < 4.78 is 2.45. The molecule has 0 bridgehead atoms. The van der Waals surface area contributed by atoms with Crippen LogP contribution in [-0.4, -0.2) is 19.5 Å². The van der Waals surface area contributed by atoms with Crippen LogP contribution in [0.2, 0.25) is 0 Å². The number of benzene rings is 1. The molecule has 4 aromatic rings. The topological polar surface area (TPSA) is 60.7 Å². The van der Waals surface area contributed by atoms with E-state index in [0.717, 1.165) is 33.1 Å². The third-order valence-electron chi connectivity index (χ3n) is 4.03. The molecule has 0 radical (unpaired) electrons. The second-order valence-electron chi connectivity index (χ2n) is 5.61. The highest BCUT2D eigenvalue weighted by Gasteiger charge is 2.13. The first-order valence-electron chi connectivity index (χ1n) is 8.00. The number of thioether (sulfide) groups is 1. The summed E-state index contributed by atoms with van der Waals surface area (Å²) in [6.07, 6.45) is 0. The molecule has 7 heteroatoms. The van der Waals surface area contributed by atoms with Crippen molar-refractivity contribution in [2.45, 2.75) is 31.3 Å². The lowest BCUT2D eigenvalue weighted by molar-refractivity contribution is 0.635. The summed E-state index contributed by atoms with van der Waals surface area (Å²) in [5, 5.41) is 2.64. The number of aryl methyl sites for hydroxylation is 1. The van der Waals surface area contributed by atoms with E-state index in [1.165, 1.54) is 23.1 Å². The zero-order chi connectivity index (χ0) is 17.4. The summed E-state index contributed by atoms with van der Waals surface area (Å²) in [5.74, 6) is 0.631. The van der Waals surface area contributed by atoms with Crippen LogP contribution in [0.1, 0.15) is 18.3 Å². The molecule has 0 spiro atoms. The van der Waals surface area contributed by atoms with Crippen LogP contribution in [0.15, 0.2) is 45.7 Å². The van der Waals surface area contributed by atoms with E-state index in [2.05, 4.69) is 9.97 Å². The number of hydrogen-bond donors (Lipinski definition) is 0. The van der Waals surface area contributed by atoms with Gasteiger partial charge in [0.2, 0.25) is 0 Å². The first-order chi connectivity index (χ1) is 12.2. The number of nitrogens with zero attached hydrogens (tertiary/aromatic N) is 4. The second kappa shape index (κ2) is 6.57. The minimum absolute atomic E-state index is 0.0336. The van der Waals surface area contributed by atoms with E-state index in [-0.39, 0.29) is 5.56 Å². The molecule has 5 nitrogen and oxygen atoms in total. The quantitative estimate of drug-likeness (QED) is 0.402. The molecule has 1 aromatic carbocycles. The lowest BCUT2D eigenvalue weighted by atomic mass is 10.2. The van der Waals surface area contributed by atoms with Crippen molar-refractivity contribution in [2.24, 2.45) is 0 Å². The third-order valence-corrected chi connectivity index (χ3v) is 5.91. The zero-order valence-corrected chi connectivity index (χ0v) is 15.5. The second-order valence-corrected chi connectivity index (χ2v) is 7.47. The van der Waals surface area contributed by atoms with Gasteiger partial charge in [-0.2, -0.15) is 0 Å². The average molecular weight is 368 g/mol. The van der Waals surface area contributed by atoms with Gasteiger partial charge >= 0.3 is 0 Å². The van der Waals surface area contributed by atoms with Crippen molar-refractivity contribution in [3.63, 3.8) is 0 Å². The number of fused-ring (bicyclic) bond motifs is 2. The molecule has 0 aliphatic carbocycles. The fraction of sp³-hybridized carbons (Fsp3) is 0.222. The molecule has 0 aliphatic heterocycles. The van der Waals surface area contributed by atoms with Crippen LogP contribution >= 0.6 is 23.1 Å². The monoisotopic (exact) mass is 368 g/mol. The molecular formula is C18H16N4OS2. The van der Waals surface area contributed by atoms with Gasteiger partial charge in [0.25, 0.3) is 5.56 Å². The summed E-state index contributed by atoms with van der Waals surface area (Å²) >= 11 is 2.98. The maximum atomic E-state index is 12.6. The van der Waals surface area contributed by atoms with Crippen molar-refractivity contribution in [2.75, 3.05) is 0 Å². The van der Waals surface area contributed by atoms with Gasteiger partial charge in [-0.05, 0) is 37.4 Å². The van der Waals surface area contributed by atoms with Crippen molar-refractivity contribution < 1.29 is 0 Å². The van der Waals surface area contributed by atoms with Gasteiger partial charge in [0.15, 0.2) is 5.16 Å². The molecule has 0 saturated heterocycles. The Morgan fingerprint density at radius 1 is 1.08 bits per heavy atom. The highest BCUT2D eigenvalue weighted by atomic mass is 32.2.